The van der Waals surface area contributed by atoms with E-state index in [1.807, 2.05) is 0 Å². The Morgan fingerprint density at radius 3 is 2.52 bits per heavy atom. The molecular weight excluding hydrogens is 384 g/mol. The highest BCUT2D eigenvalue weighted by atomic mass is 79.9. The third-order valence-corrected chi connectivity index (χ3v) is 3.92. The van der Waals surface area contributed by atoms with Crippen molar-refractivity contribution < 1.29 is 9.66 Å². The summed E-state index contributed by atoms with van der Waals surface area (Å²) in [4.78, 5) is 10.2. The minimum Gasteiger partial charge on any atom is -0.494 e. The summed E-state index contributed by atoms with van der Waals surface area (Å²) in [5, 5.41) is 20.4. The number of nitro groups is 1. The number of halogens is 2. The molecule has 116 valence electrons. The Kier molecular flexibility index (Phi) is 5.37. The number of non-ortho nitro benzene ring substituents is 1. The number of ether oxygens (including phenoxy) is 1. The zero-order valence-electron chi connectivity index (χ0n) is 11.9. The largest absolute Gasteiger partial charge is 0.494 e. The number of methoxy groups -OCH3 is 1. The van der Waals surface area contributed by atoms with E-state index in [0.29, 0.717) is 31.9 Å². The molecule has 0 bridgehead atoms. The quantitative estimate of drug-likeness (QED) is 0.314. The van der Waals surface area contributed by atoms with Crippen LogP contribution < -0.4 is 4.74 Å². The lowest BCUT2D eigenvalue weighted by Crippen LogP contribution is -1.89. The van der Waals surface area contributed by atoms with Crippen molar-refractivity contribution in [3.63, 3.8) is 0 Å². The lowest BCUT2D eigenvalue weighted by atomic mass is 10.0. The van der Waals surface area contributed by atoms with Gasteiger partial charge in [0.1, 0.15) is 0 Å². The number of hydrogen-bond donors (Lipinski definition) is 0. The van der Waals surface area contributed by atoms with Gasteiger partial charge in [-0.25, -0.2) is 0 Å². The lowest BCUT2D eigenvalue weighted by Gasteiger charge is -2.07. The normalized spacial score (nSPS) is 11.0. The van der Waals surface area contributed by atoms with Crippen LogP contribution >= 0.6 is 27.5 Å². The molecule has 2 rings (SSSR count). The van der Waals surface area contributed by atoms with Crippen LogP contribution in [0.1, 0.15) is 11.1 Å². The van der Waals surface area contributed by atoms with Gasteiger partial charge >= 0.3 is 0 Å². The van der Waals surface area contributed by atoms with Gasteiger partial charge in [-0.15, -0.1) is 0 Å². The lowest BCUT2D eigenvalue weighted by molar-refractivity contribution is -0.384. The van der Waals surface area contributed by atoms with E-state index in [-0.39, 0.29) is 5.69 Å². The molecule has 0 saturated heterocycles. The Labute approximate surface area is 146 Å². The third-order valence-electron chi connectivity index (χ3n) is 3.05. The number of nitriles is 1. The topological polar surface area (TPSA) is 76.2 Å². The van der Waals surface area contributed by atoms with Gasteiger partial charge in [-0.1, -0.05) is 11.6 Å². The van der Waals surface area contributed by atoms with E-state index < -0.39 is 4.92 Å². The Morgan fingerprint density at radius 2 is 2.04 bits per heavy atom. The van der Waals surface area contributed by atoms with Crippen molar-refractivity contribution in [1.29, 1.82) is 5.26 Å². The zero-order chi connectivity index (χ0) is 17.0. The van der Waals surface area contributed by atoms with Gasteiger partial charge in [-0.05, 0) is 57.4 Å². The van der Waals surface area contributed by atoms with Crippen LogP contribution in [0, 0.1) is 21.4 Å². The molecule has 2 aromatic rings. The second kappa shape index (κ2) is 7.27. The molecule has 0 saturated carbocycles. The van der Waals surface area contributed by atoms with E-state index in [9.17, 15) is 15.4 Å². The minimum absolute atomic E-state index is 0.0266. The van der Waals surface area contributed by atoms with Crippen molar-refractivity contribution in [2.45, 2.75) is 0 Å². The van der Waals surface area contributed by atoms with E-state index in [1.165, 1.54) is 31.4 Å². The summed E-state index contributed by atoms with van der Waals surface area (Å²) >= 11 is 9.48. The van der Waals surface area contributed by atoms with Gasteiger partial charge in [0, 0.05) is 12.1 Å². The highest BCUT2D eigenvalue weighted by Gasteiger charge is 2.10. The van der Waals surface area contributed by atoms with E-state index in [1.54, 1.807) is 18.2 Å². The van der Waals surface area contributed by atoms with Gasteiger partial charge < -0.3 is 4.74 Å². The van der Waals surface area contributed by atoms with Crippen LogP contribution in [0.5, 0.6) is 5.75 Å². The average Bonchev–Trinajstić information content (AvgIpc) is 2.52. The summed E-state index contributed by atoms with van der Waals surface area (Å²) < 4.78 is 5.82. The van der Waals surface area contributed by atoms with Crippen molar-refractivity contribution in [2.75, 3.05) is 7.11 Å². The van der Waals surface area contributed by atoms with Crippen molar-refractivity contribution in [3.05, 3.63) is 67.1 Å². The second-order valence-corrected chi connectivity index (χ2v) is 5.75. The van der Waals surface area contributed by atoms with Crippen molar-refractivity contribution in [2.24, 2.45) is 0 Å². The summed E-state index contributed by atoms with van der Waals surface area (Å²) in [5.74, 6) is 0.512. The number of hydrogen-bond acceptors (Lipinski definition) is 4. The maximum absolute atomic E-state index is 10.7. The zero-order valence-corrected chi connectivity index (χ0v) is 14.3. The van der Waals surface area contributed by atoms with E-state index >= 15 is 0 Å². The Hall–Kier alpha value is -2.36. The Balaban J connectivity index is 2.43. The molecule has 5 nitrogen and oxygen atoms in total. The molecule has 0 heterocycles. The number of rotatable bonds is 4. The highest BCUT2D eigenvalue weighted by molar-refractivity contribution is 9.10. The van der Waals surface area contributed by atoms with Gasteiger partial charge in [-0.2, -0.15) is 5.26 Å². The van der Waals surface area contributed by atoms with Crippen LogP contribution in [-0.4, -0.2) is 12.0 Å². The van der Waals surface area contributed by atoms with E-state index in [2.05, 4.69) is 22.0 Å². The van der Waals surface area contributed by atoms with Gasteiger partial charge in [0.15, 0.2) is 5.75 Å². The molecule has 0 unspecified atom stereocenters. The number of nitrogens with zero attached hydrogens (tertiary/aromatic N) is 2. The molecule has 0 spiro atoms. The highest BCUT2D eigenvalue weighted by Crippen LogP contribution is 2.35. The summed E-state index contributed by atoms with van der Waals surface area (Å²) in [5.41, 5.74) is 1.63. The van der Waals surface area contributed by atoms with Crippen molar-refractivity contribution in [3.8, 4) is 11.8 Å². The second-order valence-electron chi connectivity index (χ2n) is 4.49. The molecule has 7 heteroatoms. The standard InChI is InChI=1S/C16H10BrClN2O3/c1-23-16-14(17)7-10(8-15(16)18)6-12(9-19)11-2-4-13(5-3-11)20(21)22/h2-8H,1H3. The molecule has 23 heavy (non-hydrogen) atoms. The molecule has 0 amide bonds. The summed E-state index contributed by atoms with van der Waals surface area (Å²) in [6.07, 6.45) is 1.65. The van der Waals surface area contributed by atoms with Crippen LogP contribution in [0.4, 0.5) is 5.69 Å². The smallest absolute Gasteiger partial charge is 0.269 e. The molecule has 0 atom stereocenters. The first-order valence-electron chi connectivity index (χ1n) is 6.36. The predicted octanol–water partition coefficient (Wildman–Crippen LogP) is 5.08. The Morgan fingerprint density at radius 1 is 1.39 bits per heavy atom. The average molecular weight is 394 g/mol. The maximum atomic E-state index is 10.7. The molecule has 0 aromatic heterocycles. The predicted molar refractivity (Wildman–Crippen MR) is 92.3 cm³/mol. The first kappa shape index (κ1) is 17.0. The molecule has 0 aliphatic rings. The summed E-state index contributed by atoms with van der Waals surface area (Å²) in [6, 6.07) is 11.3. The fourth-order valence-electron chi connectivity index (χ4n) is 1.97. The van der Waals surface area contributed by atoms with Crippen LogP contribution in [0.15, 0.2) is 40.9 Å². The maximum Gasteiger partial charge on any atom is 0.269 e. The third kappa shape index (κ3) is 3.89. The van der Waals surface area contributed by atoms with Crippen LogP contribution in [0.2, 0.25) is 5.02 Å². The molecule has 2 aromatic carbocycles. The van der Waals surface area contributed by atoms with Crippen LogP contribution in [0.3, 0.4) is 0 Å². The van der Waals surface area contributed by atoms with Gasteiger partial charge in [-0.3, -0.25) is 10.1 Å². The fourth-order valence-corrected chi connectivity index (χ4v) is 3.03. The molecule has 0 N–H and O–H groups in total. The van der Waals surface area contributed by atoms with Crippen molar-refractivity contribution in [1.82, 2.24) is 0 Å². The van der Waals surface area contributed by atoms with Crippen LogP contribution in [0.25, 0.3) is 11.6 Å². The monoisotopic (exact) mass is 392 g/mol. The van der Waals surface area contributed by atoms with Gasteiger partial charge in [0.25, 0.3) is 5.69 Å². The van der Waals surface area contributed by atoms with E-state index in [0.717, 1.165) is 0 Å². The molecule has 0 aliphatic heterocycles. The van der Waals surface area contributed by atoms with Crippen LogP contribution in [-0.2, 0) is 0 Å². The van der Waals surface area contributed by atoms with Gasteiger partial charge in [0.05, 0.1) is 33.2 Å². The van der Waals surface area contributed by atoms with Gasteiger partial charge in [0.2, 0.25) is 0 Å². The fraction of sp³-hybridized carbons (Fsp3) is 0.0625. The molecule has 0 fully saturated rings. The van der Waals surface area contributed by atoms with Crippen molar-refractivity contribution >= 4 is 44.9 Å². The Bertz CT molecular complexity index is 803. The SMILES string of the molecule is COc1c(Cl)cc(C=C(C#N)c2ccc([N+](=O)[O-])cc2)cc1Br. The number of allylic oxidation sites excluding steroid dienone is 1. The minimum atomic E-state index is -0.486. The summed E-state index contributed by atoms with van der Waals surface area (Å²) in [6.45, 7) is 0. The molecule has 0 radical (unpaired) electrons. The first-order chi connectivity index (χ1) is 11.0. The van der Waals surface area contributed by atoms with E-state index in [4.69, 9.17) is 16.3 Å². The molecule has 0 aliphatic carbocycles. The molecular formula is C16H10BrClN2O3. The first-order valence-corrected chi connectivity index (χ1v) is 7.53. The number of nitro benzene ring substituents is 1. The number of benzene rings is 2. The summed E-state index contributed by atoms with van der Waals surface area (Å²) in [7, 11) is 1.51.